The highest BCUT2D eigenvalue weighted by Gasteiger charge is 2.33. The van der Waals surface area contributed by atoms with E-state index in [0.29, 0.717) is 6.42 Å². The Morgan fingerprint density at radius 2 is 1.90 bits per heavy atom. The highest BCUT2D eigenvalue weighted by Crippen LogP contribution is 2.43. The normalized spacial score (nSPS) is 19.0. The number of carboxylic acids is 1. The Labute approximate surface area is 173 Å². The summed E-state index contributed by atoms with van der Waals surface area (Å²) in [6.45, 7) is 9.56. The first-order valence-corrected chi connectivity index (χ1v) is 10.2. The number of carboxylic acid groups (broad SMARTS) is 1. The zero-order valence-corrected chi connectivity index (χ0v) is 18.1. The Bertz CT molecular complexity index is 763. The molecule has 1 amide bonds. The van der Waals surface area contributed by atoms with Gasteiger partial charge in [0.2, 0.25) is 0 Å². The Morgan fingerprint density at radius 3 is 2.52 bits per heavy atom. The van der Waals surface area contributed by atoms with Gasteiger partial charge in [-0.05, 0) is 62.5 Å². The number of Topliss-reactive ketones (excluding diaryl/α,β-unsaturated/α-hetero) is 1. The topological polar surface area (TPSA) is 92.7 Å². The first-order chi connectivity index (χ1) is 13.4. The number of carbonyl (C=O) groups is 3. The lowest BCUT2D eigenvalue weighted by molar-refractivity contribution is -0.139. The first kappa shape index (κ1) is 22.9. The van der Waals surface area contributed by atoms with Crippen LogP contribution in [0.4, 0.5) is 4.79 Å². The predicted octanol–water partition coefficient (Wildman–Crippen LogP) is 4.56. The number of ketones is 1. The molecule has 0 aromatic heterocycles. The monoisotopic (exact) mass is 403 g/mol. The molecule has 1 aliphatic carbocycles. The van der Waals surface area contributed by atoms with Crippen molar-refractivity contribution in [3.8, 4) is 0 Å². The lowest BCUT2D eigenvalue weighted by Crippen LogP contribution is -2.43. The van der Waals surface area contributed by atoms with E-state index < -0.39 is 23.7 Å². The highest BCUT2D eigenvalue weighted by molar-refractivity contribution is 5.83. The standard InChI is InChI=1S/C23H33NO5/c1-22(2,3)29-21(28)24-19(20(26)27)11-10-16(25)14-15-12-13-23(4,5)18-9-7-6-8-17(15)18/h6-9,15,19H,10-14H2,1-5H3,(H,24,28)(H,26,27)/t15?,19-/m0/s1. The van der Waals surface area contributed by atoms with E-state index in [2.05, 4.69) is 31.3 Å². The zero-order valence-electron chi connectivity index (χ0n) is 18.1. The second-order valence-corrected chi connectivity index (χ2v) is 9.53. The van der Waals surface area contributed by atoms with Crippen LogP contribution in [0.15, 0.2) is 24.3 Å². The Kier molecular flexibility index (Phi) is 7.09. The second kappa shape index (κ2) is 8.97. The average Bonchev–Trinajstić information content (AvgIpc) is 2.59. The number of benzene rings is 1. The molecule has 0 radical (unpaired) electrons. The summed E-state index contributed by atoms with van der Waals surface area (Å²) in [5, 5.41) is 11.7. The second-order valence-electron chi connectivity index (χ2n) is 9.53. The molecule has 6 heteroatoms. The maximum absolute atomic E-state index is 12.6. The minimum atomic E-state index is -1.17. The molecule has 0 saturated heterocycles. The maximum Gasteiger partial charge on any atom is 0.408 e. The van der Waals surface area contributed by atoms with Gasteiger partial charge in [0, 0.05) is 12.8 Å². The quantitative estimate of drug-likeness (QED) is 0.696. The van der Waals surface area contributed by atoms with Gasteiger partial charge < -0.3 is 15.2 Å². The molecule has 0 saturated carbocycles. The first-order valence-electron chi connectivity index (χ1n) is 10.2. The van der Waals surface area contributed by atoms with Gasteiger partial charge in [0.15, 0.2) is 0 Å². The predicted molar refractivity (Wildman–Crippen MR) is 111 cm³/mol. The number of aliphatic carboxylic acids is 1. The number of carbonyl (C=O) groups excluding carboxylic acids is 2. The fourth-order valence-corrected chi connectivity index (χ4v) is 3.90. The highest BCUT2D eigenvalue weighted by atomic mass is 16.6. The number of ether oxygens (including phenoxy) is 1. The molecule has 2 rings (SSSR count). The zero-order chi connectivity index (χ0) is 21.8. The number of hydrogen-bond acceptors (Lipinski definition) is 4. The van der Waals surface area contributed by atoms with Gasteiger partial charge in [0.1, 0.15) is 17.4 Å². The molecule has 29 heavy (non-hydrogen) atoms. The molecule has 6 nitrogen and oxygen atoms in total. The molecule has 0 bridgehead atoms. The van der Waals surface area contributed by atoms with Crippen LogP contribution < -0.4 is 5.32 Å². The fourth-order valence-electron chi connectivity index (χ4n) is 3.90. The van der Waals surface area contributed by atoms with E-state index in [1.165, 1.54) is 11.1 Å². The summed E-state index contributed by atoms with van der Waals surface area (Å²) in [4.78, 5) is 35.9. The smallest absolute Gasteiger partial charge is 0.408 e. The maximum atomic E-state index is 12.6. The summed E-state index contributed by atoms with van der Waals surface area (Å²) in [6, 6.07) is 7.12. The number of hydrogen-bond donors (Lipinski definition) is 2. The van der Waals surface area contributed by atoms with E-state index in [0.717, 1.165) is 12.8 Å². The van der Waals surface area contributed by atoms with Crippen LogP contribution in [-0.4, -0.2) is 34.6 Å². The SMILES string of the molecule is CC(C)(C)OC(=O)N[C@@H](CCC(=O)CC1CCC(C)(C)c2ccccc21)C(=O)O. The van der Waals surface area contributed by atoms with Gasteiger partial charge in [-0.1, -0.05) is 38.1 Å². The van der Waals surface area contributed by atoms with Crippen molar-refractivity contribution in [2.24, 2.45) is 0 Å². The minimum absolute atomic E-state index is 0.0155. The summed E-state index contributed by atoms with van der Waals surface area (Å²) in [6.07, 6.45) is 1.71. The van der Waals surface area contributed by atoms with Crippen LogP contribution in [-0.2, 0) is 19.7 Å². The van der Waals surface area contributed by atoms with Gasteiger partial charge in [-0.25, -0.2) is 9.59 Å². The van der Waals surface area contributed by atoms with Gasteiger partial charge in [0.05, 0.1) is 0 Å². The van der Waals surface area contributed by atoms with E-state index in [1.807, 2.05) is 12.1 Å². The van der Waals surface area contributed by atoms with Gasteiger partial charge in [-0.15, -0.1) is 0 Å². The van der Waals surface area contributed by atoms with Crippen molar-refractivity contribution in [1.29, 1.82) is 0 Å². The fraction of sp³-hybridized carbons (Fsp3) is 0.609. The summed E-state index contributed by atoms with van der Waals surface area (Å²) in [7, 11) is 0. The van der Waals surface area contributed by atoms with Crippen molar-refractivity contribution in [3.63, 3.8) is 0 Å². The number of alkyl carbamates (subject to hydrolysis) is 1. The molecule has 0 aliphatic heterocycles. The van der Waals surface area contributed by atoms with Crippen LogP contribution in [0.3, 0.4) is 0 Å². The summed E-state index contributed by atoms with van der Waals surface area (Å²) >= 11 is 0. The molecule has 2 N–H and O–H groups in total. The average molecular weight is 404 g/mol. The van der Waals surface area contributed by atoms with Crippen LogP contribution in [0.2, 0.25) is 0 Å². The number of fused-ring (bicyclic) bond motifs is 1. The van der Waals surface area contributed by atoms with Crippen LogP contribution >= 0.6 is 0 Å². The summed E-state index contributed by atoms with van der Waals surface area (Å²) < 4.78 is 5.11. The molecule has 0 spiro atoms. The third-order valence-electron chi connectivity index (χ3n) is 5.42. The van der Waals surface area contributed by atoms with Gasteiger partial charge in [0.25, 0.3) is 0 Å². The van der Waals surface area contributed by atoms with Crippen molar-refractivity contribution < 1.29 is 24.2 Å². The van der Waals surface area contributed by atoms with E-state index in [4.69, 9.17) is 4.74 Å². The van der Waals surface area contributed by atoms with Gasteiger partial charge in [-0.3, -0.25) is 4.79 Å². The molecule has 160 valence electrons. The van der Waals surface area contributed by atoms with Crippen molar-refractivity contribution in [1.82, 2.24) is 5.32 Å². The molecule has 2 atom stereocenters. The molecule has 1 aromatic carbocycles. The Morgan fingerprint density at radius 1 is 1.24 bits per heavy atom. The number of rotatable bonds is 7. The summed E-state index contributed by atoms with van der Waals surface area (Å²) in [5.41, 5.74) is 1.89. The molecular weight excluding hydrogens is 370 g/mol. The molecule has 0 fully saturated rings. The van der Waals surface area contributed by atoms with Crippen molar-refractivity contribution in [3.05, 3.63) is 35.4 Å². The third kappa shape index (κ3) is 6.58. The van der Waals surface area contributed by atoms with Crippen LogP contribution in [0.1, 0.15) is 83.8 Å². The Balaban J connectivity index is 1.94. The third-order valence-corrected chi connectivity index (χ3v) is 5.42. The van der Waals surface area contributed by atoms with Crippen molar-refractivity contribution in [2.45, 2.75) is 89.7 Å². The lowest BCUT2D eigenvalue weighted by Gasteiger charge is -2.37. The van der Waals surface area contributed by atoms with Crippen LogP contribution in [0.25, 0.3) is 0 Å². The van der Waals surface area contributed by atoms with Crippen molar-refractivity contribution >= 4 is 17.8 Å². The van der Waals surface area contributed by atoms with E-state index in [9.17, 15) is 19.5 Å². The number of amides is 1. The number of nitrogens with one attached hydrogen (secondary N) is 1. The Hall–Kier alpha value is -2.37. The molecule has 1 unspecified atom stereocenters. The minimum Gasteiger partial charge on any atom is -0.480 e. The van der Waals surface area contributed by atoms with Crippen LogP contribution in [0, 0.1) is 0 Å². The lowest BCUT2D eigenvalue weighted by atomic mass is 9.68. The van der Waals surface area contributed by atoms with Gasteiger partial charge >= 0.3 is 12.1 Å². The van der Waals surface area contributed by atoms with E-state index in [1.54, 1.807) is 20.8 Å². The molecule has 1 aromatic rings. The molecule has 0 heterocycles. The van der Waals surface area contributed by atoms with E-state index >= 15 is 0 Å². The molecule has 1 aliphatic rings. The summed E-state index contributed by atoms with van der Waals surface area (Å²) in [5.74, 6) is -0.996. The van der Waals surface area contributed by atoms with E-state index in [-0.39, 0.29) is 30.0 Å². The van der Waals surface area contributed by atoms with Crippen LogP contribution in [0.5, 0.6) is 0 Å². The molecular formula is C23H33NO5. The van der Waals surface area contributed by atoms with Gasteiger partial charge in [-0.2, -0.15) is 0 Å². The van der Waals surface area contributed by atoms with Crippen molar-refractivity contribution in [2.75, 3.05) is 0 Å². The largest absolute Gasteiger partial charge is 0.480 e.